The smallest absolute Gasteiger partial charge is 0.422 e. The Labute approximate surface area is 137 Å². The minimum absolute atomic E-state index is 0.0901. The van der Waals surface area contributed by atoms with Crippen molar-refractivity contribution in [2.45, 2.75) is 54.9 Å². The first-order valence-corrected chi connectivity index (χ1v) is 9.13. The number of hydrogen-bond acceptors (Lipinski definition) is 5. The van der Waals surface area contributed by atoms with Gasteiger partial charge in [0, 0.05) is 24.2 Å². The summed E-state index contributed by atoms with van der Waals surface area (Å²) in [5.41, 5.74) is 0. The van der Waals surface area contributed by atoms with Gasteiger partial charge in [0.15, 0.2) is 6.61 Å². The highest BCUT2D eigenvalue weighted by molar-refractivity contribution is 7.89. The van der Waals surface area contributed by atoms with E-state index in [9.17, 15) is 21.6 Å². The Kier molecular flexibility index (Phi) is 4.71. The van der Waals surface area contributed by atoms with E-state index >= 15 is 0 Å². The molecule has 2 unspecified atom stereocenters. The zero-order valence-corrected chi connectivity index (χ0v) is 13.5. The van der Waals surface area contributed by atoms with Gasteiger partial charge in [0.05, 0.1) is 6.20 Å². The number of nitrogens with one attached hydrogen (secondary N) is 2. The Morgan fingerprint density at radius 3 is 2.46 bits per heavy atom. The fraction of sp³-hybridized carbons (Fsp3) is 0.643. The molecule has 0 aromatic carbocycles. The van der Waals surface area contributed by atoms with Crippen LogP contribution in [-0.2, 0) is 10.0 Å². The van der Waals surface area contributed by atoms with Crippen LogP contribution in [0.5, 0.6) is 5.88 Å². The average Bonchev–Trinajstić information content (AvgIpc) is 2.83. The average molecular weight is 365 g/mol. The van der Waals surface area contributed by atoms with Crippen LogP contribution in [-0.4, -0.2) is 44.3 Å². The summed E-state index contributed by atoms with van der Waals surface area (Å²) in [5.74, 6) is -0.272. The Balaban J connectivity index is 1.62. The standard InChI is InChI=1S/C14H18F3N3O3S/c15-14(16,17)8-23-13-4-3-12(7-18-13)24(21,22)20-11-5-9-1-2-10(6-11)19-9/h3-4,7,9-11,19-20H,1-2,5-6,8H2. The van der Waals surface area contributed by atoms with E-state index in [1.165, 1.54) is 6.07 Å². The molecule has 10 heteroatoms. The second-order valence-electron chi connectivity index (χ2n) is 6.16. The number of fused-ring (bicyclic) bond motifs is 2. The summed E-state index contributed by atoms with van der Waals surface area (Å²) in [5, 5.41) is 3.42. The van der Waals surface area contributed by atoms with E-state index in [1.54, 1.807) is 0 Å². The van der Waals surface area contributed by atoms with E-state index < -0.39 is 22.8 Å². The fourth-order valence-electron chi connectivity index (χ4n) is 3.21. The summed E-state index contributed by atoms with van der Waals surface area (Å²) in [6.07, 6.45) is 0.101. The normalized spacial score (nSPS) is 27.2. The van der Waals surface area contributed by atoms with Crippen molar-refractivity contribution in [1.29, 1.82) is 0 Å². The van der Waals surface area contributed by atoms with Crippen molar-refractivity contribution >= 4 is 10.0 Å². The fourth-order valence-corrected chi connectivity index (χ4v) is 4.41. The largest absolute Gasteiger partial charge is 0.468 e. The molecule has 0 saturated carbocycles. The Bertz CT molecular complexity index is 667. The maximum absolute atomic E-state index is 12.4. The van der Waals surface area contributed by atoms with Crippen molar-refractivity contribution in [1.82, 2.24) is 15.0 Å². The summed E-state index contributed by atoms with van der Waals surface area (Å²) in [6.45, 7) is -1.47. The molecular formula is C14H18F3N3O3S. The molecule has 0 amide bonds. The first-order chi connectivity index (χ1) is 11.2. The number of nitrogens with zero attached hydrogens (tertiary/aromatic N) is 1. The first kappa shape index (κ1) is 17.4. The van der Waals surface area contributed by atoms with Gasteiger partial charge >= 0.3 is 6.18 Å². The number of aromatic nitrogens is 1. The van der Waals surface area contributed by atoms with Crippen LogP contribution >= 0.6 is 0 Å². The van der Waals surface area contributed by atoms with Gasteiger partial charge in [-0.05, 0) is 31.7 Å². The number of ether oxygens (including phenoxy) is 1. The summed E-state index contributed by atoms with van der Waals surface area (Å²) >= 11 is 0. The molecular weight excluding hydrogens is 347 g/mol. The lowest BCUT2D eigenvalue weighted by Gasteiger charge is -2.29. The number of alkyl halides is 3. The van der Waals surface area contributed by atoms with Gasteiger partial charge in [-0.25, -0.2) is 18.1 Å². The monoisotopic (exact) mass is 365 g/mol. The lowest BCUT2D eigenvalue weighted by Crippen LogP contribution is -2.47. The predicted molar refractivity (Wildman–Crippen MR) is 79.1 cm³/mol. The van der Waals surface area contributed by atoms with Crippen molar-refractivity contribution < 1.29 is 26.3 Å². The minimum Gasteiger partial charge on any atom is -0.468 e. The van der Waals surface area contributed by atoms with E-state index in [1.807, 2.05) is 0 Å². The number of rotatable bonds is 5. The molecule has 3 rings (SSSR count). The number of sulfonamides is 1. The van der Waals surface area contributed by atoms with Gasteiger partial charge in [-0.3, -0.25) is 0 Å². The SMILES string of the molecule is O=S(=O)(NC1CC2CCC(C1)N2)c1ccc(OCC(F)(F)F)nc1. The molecule has 0 aliphatic carbocycles. The molecule has 2 saturated heterocycles. The van der Waals surface area contributed by atoms with Crippen LogP contribution in [0.1, 0.15) is 25.7 Å². The third-order valence-corrected chi connectivity index (χ3v) is 5.70. The molecule has 3 heterocycles. The maximum atomic E-state index is 12.4. The molecule has 1 aromatic heterocycles. The summed E-state index contributed by atoms with van der Waals surface area (Å²) in [4.78, 5) is 3.54. The third-order valence-electron chi connectivity index (χ3n) is 4.20. The zero-order valence-electron chi connectivity index (χ0n) is 12.7. The van der Waals surface area contributed by atoms with Crippen LogP contribution in [0, 0.1) is 0 Å². The van der Waals surface area contributed by atoms with Crippen LogP contribution in [0.15, 0.2) is 23.2 Å². The molecule has 2 bridgehead atoms. The molecule has 6 nitrogen and oxygen atoms in total. The number of hydrogen-bond donors (Lipinski definition) is 2. The molecule has 2 aliphatic heterocycles. The minimum atomic E-state index is -4.47. The third kappa shape index (κ3) is 4.37. The Morgan fingerprint density at radius 1 is 1.25 bits per heavy atom. The molecule has 2 atom stereocenters. The van der Waals surface area contributed by atoms with Crippen molar-refractivity contribution in [3.63, 3.8) is 0 Å². The lowest BCUT2D eigenvalue weighted by atomic mass is 10.0. The number of pyridine rings is 1. The highest BCUT2D eigenvalue weighted by Gasteiger charge is 2.35. The van der Waals surface area contributed by atoms with Gasteiger partial charge < -0.3 is 10.1 Å². The topological polar surface area (TPSA) is 80.3 Å². The van der Waals surface area contributed by atoms with E-state index in [0.29, 0.717) is 12.1 Å². The highest BCUT2D eigenvalue weighted by Crippen LogP contribution is 2.27. The number of piperidine rings is 1. The highest BCUT2D eigenvalue weighted by atomic mass is 32.2. The van der Waals surface area contributed by atoms with Crippen molar-refractivity contribution in [3.05, 3.63) is 18.3 Å². The van der Waals surface area contributed by atoms with Gasteiger partial charge in [0.25, 0.3) is 0 Å². The van der Waals surface area contributed by atoms with Crippen LogP contribution in [0.2, 0.25) is 0 Å². The van der Waals surface area contributed by atoms with E-state index in [-0.39, 0.29) is 16.8 Å². The van der Waals surface area contributed by atoms with Crippen molar-refractivity contribution in [2.75, 3.05) is 6.61 Å². The van der Waals surface area contributed by atoms with Gasteiger partial charge in [-0.2, -0.15) is 13.2 Å². The van der Waals surface area contributed by atoms with Crippen LogP contribution in [0.25, 0.3) is 0 Å². The second kappa shape index (κ2) is 6.49. The quantitative estimate of drug-likeness (QED) is 0.828. The Hall–Kier alpha value is -1.39. The van der Waals surface area contributed by atoms with Crippen LogP contribution in [0.4, 0.5) is 13.2 Å². The molecule has 2 fully saturated rings. The van der Waals surface area contributed by atoms with Gasteiger partial charge in [0.2, 0.25) is 15.9 Å². The molecule has 24 heavy (non-hydrogen) atoms. The van der Waals surface area contributed by atoms with E-state index in [2.05, 4.69) is 19.8 Å². The maximum Gasteiger partial charge on any atom is 0.422 e. The predicted octanol–water partition coefficient (Wildman–Crippen LogP) is 1.58. The number of halogens is 3. The van der Waals surface area contributed by atoms with Crippen molar-refractivity contribution in [2.24, 2.45) is 0 Å². The van der Waals surface area contributed by atoms with E-state index in [4.69, 9.17) is 0 Å². The van der Waals surface area contributed by atoms with E-state index in [0.717, 1.165) is 37.9 Å². The second-order valence-corrected chi connectivity index (χ2v) is 7.88. The lowest BCUT2D eigenvalue weighted by molar-refractivity contribution is -0.154. The van der Waals surface area contributed by atoms with Crippen LogP contribution in [0.3, 0.4) is 0 Å². The molecule has 1 aromatic rings. The Morgan fingerprint density at radius 2 is 1.92 bits per heavy atom. The molecule has 2 N–H and O–H groups in total. The van der Waals surface area contributed by atoms with Gasteiger partial charge in [-0.15, -0.1) is 0 Å². The van der Waals surface area contributed by atoms with Crippen LogP contribution < -0.4 is 14.8 Å². The molecule has 0 spiro atoms. The molecule has 2 aliphatic rings. The summed E-state index contributed by atoms with van der Waals surface area (Å²) in [6, 6.07) is 2.85. The molecule has 0 radical (unpaired) electrons. The zero-order chi connectivity index (χ0) is 17.4. The van der Waals surface area contributed by atoms with Gasteiger partial charge in [0.1, 0.15) is 4.90 Å². The van der Waals surface area contributed by atoms with Crippen molar-refractivity contribution in [3.8, 4) is 5.88 Å². The summed E-state index contributed by atoms with van der Waals surface area (Å²) < 4.78 is 68.1. The first-order valence-electron chi connectivity index (χ1n) is 7.65. The molecule has 134 valence electrons. The van der Waals surface area contributed by atoms with Gasteiger partial charge in [-0.1, -0.05) is 0 Å². The summed E-state index contributed by atoms with van der Waals surface area (Å²) in [7, 11) is -3.76.